The van der Waals surface area contributed by atoms with Gasteiger partial charge < -0.3 is 5.11 Å². The molecule has 0 fully saturated rings. The highest BCUT2D eigenvalue weighted by atomic mass is 16.2. The summed E-state index contributed by atoms with van der Waals surface area (Å²) < 4.78 is 0. The Balaban J connectivity index is 2.76. The Bertz CT molecular complexity index is 71.2. The van der Waals surface area contributed by atoms with Crippen molar-refractivity contribution in [1.29, 1.82) is 0 Å². The molecule has 0 amide bonds. The van der Waals surface area contributed by atoms with Gasteiger partial charge in [-0.2, -0.15) is 0 Å². The van der Waals surface area contributed by atoms with Crippen LogP contribution in [0.4, 0.5) is 0 Å². The summed E-state index contributed by atoms with van der Waals surface area (Å²) in [6, 6.07) is 0. The SMILES string of the molecule is CC[CH]CCCCCCCCCO. The molecule has 0 saturated heterocycles. The Hall–Kier alpha value is -0.0400. The lowest BCUT2D eigenvalue weighted by Gasteiger charge is -2.00. The van der Waals surface area contributed by atoms with Gasteiger partial charge in [-0.25, -0.2) is 0 Å². The molecule has 0 aromatic carbocycles. The molecule has 0 rings (SSSR count). The Morgan fingerprint density at radius 2 is 1.38 bits per heavy atom. The summed E-state index contributed by atoms with van der Waals surface area (Å²) in [7, 11) is 0. The largest absolute Gasteiger partial charge is 0.396 e. The van der Waals surface area contributed by atoms with E-state index >= 15 is 0 Å². The molecular weight excluding hydrogens is 160 g/mol. The maximum atomic E-state index is 8.56. The van der Waals surface area contributed by atoms with E-state index in [9.17, 15) is 0 Å². The normalized spacial score (nSPS) is 10.6. The van der Waals surface area contributed by atoms with Crippen molar-refractivity contribution in [2.45, 2.75) is 64.7 Å². The molecule has 0 aliphatic carbocycles. The van der Waals surface area contributed by atoms with Crippen LogP contribution in [0.1, 0.15) is 64.7 Å². The smallest absolute Gasteiger partial charge is 0.0431 e. The molecule has 0 bridgehead atoms. The predicted molar refractivity (Wildman–Crippen MR) is 58.6 cm³/mol. The second-order valence-electron chi connectivity index (χ2n) is 3.68. The highest BCUT2D eigenvalue weighted by Gasteiger charge is 1.91. The molecular formula is C12H25O. The van der Waals surface area contributed by atoms with Gasteiger partial charge in [-0.1, -0.05) is 58.3 Å². The molecule has 0 atom stereocenters. The minimum atomic E-state index is 0.367. The second kappa shape index (κ2) is 12.0. The van der Waals surface area contributed by atoms with Gasteiger partial charge in [0.1, 0.15) is 0 Å². The van der Waals surface area contributed by atoms with E-state index in [1.165, 1.54) is 51.4 Å². The Morgan fingerprint density at radius 1 is 0.846 bits per heavy atom. The van der Waals surface area contributed by atoms with E-state index in [4.69, 9.17) is 5.11 Å². The zero-order chi connectivity index (χ0) is 9.78. The fraction of sp³-hybridized carbons (Fsp3) is 0.917. The van der Waals surface area contributed by atoms with E-state index < -0.39 is 0 Å². The van der Waals surface area contributed by atoms with Crippen LogP contribution in [0, 0.1) is 6.42 Å². The van der Waals surface area contributed by atoms with Crippen molar-refractivity contribution in [3.63, 3.8) is 0 Å². The number of rotatable bonds is 10. The number of hydrogen-bond donors (Lipinski definition) is 1. The molecule has 0 aromatic rings. The summed E-state index contributed by atoms with van der Waals surface area (Å²) in [5.74, 6) is 0. The minimum absolute atomic E-state index is 0.367. The number of aliphatic hydroxyl groups excluding tert-OH is 1. The van der Waals surface area contributed by atoms with Gasteiger partial charge in [-0.3, -0.25) is 0 Å². The topological polar surface area (TPSA) is 20.2 Å². The highest BCUT2D eigenvalue weighted by Crippen LogP contribution is 2.09. The Kier molecular flexibility index (Phi) is 11.9. The van der Waals surface area contributed by atoms with E-state index in [1.807, 2.05) is 0 Å². The molecule has 1 N–H and O–H groups in total. The predicted octanol–water partition coefficient (Wildman–Crippen LogP) is 3.71. The Morgan fingerprint density at radius 3 is 1.92 bits per heavy atom. The third-order valence-electron chi connectivity index (χ3n) is 2.36. The first-order valence-electron chi connectivity index (χ1n) is 5.84. The fourth-order valence-corrected chi connectivity index (χ4v) is 1.49. The molecule has 0 spiro atoms. The molecule has 1 nitrogen and oxygen atoms in total. The van der Waals surface area contributed by atoms with Crippen molar-refractivity contribution in [3.05, 3.63) is 6.42 Å². The van der Waals surface area contributed by atoms with Crippen LogP contribution in [0.15, 0.2) is 0 Å². The molecule has 1 heteroatoms. The summed E-state index contributed by atoms with van der Waals surface area (Å²) in [6.07, 6.45) is 13.9. The minimum Gasteiger partial charge on any atom is -0.396 e. The van der Waals surface area contributed by atoms with Crippen molar-refractivity contribution in [1.82, 2.24) is 0 Å². The van der Waals surface area contributed by atoms with Crippen LogP contribution < -0.4 is 0 Å². The van der Waals surface area contributed by atoms with Crippen LogP contribution in [0.5, 0.6) is 0 Å². The van der Waals surface area contributed by atoms with Gasteiger partial charge >= 0.3 is 0 Å². The highest BCUT2D eigenvalue weighted by molar-refractivity contribution is 4.60. The molecule has 0 aliphatic rings. The summed E-state index contributed by atoms with van der Waals surface area (Å²) in [6.45, 7) is 2.57. The first kappa shape index (κ1) is 13.0. The summed E-state index contributed by atoms with van der Waals surface area (Å²) in [5.41, 5.74) is 0. The molecule has 0 aromatic heterocycles. The van der Waals surface area contributed by atoms with Crippen LogP contribution in [0.2, 0.25) is 0 Å². The van der Waals surface area contributed by atoms with Crippen molar-refractivity contribution >= 4 is 0 Å². The summed E-state index contributed by atoms with van der Waals surface area (Å²) >= 11 is 0. The van der Waals surface area contributed by atoms with Gasteiger partial charge in [0, 0.05) is 6.61 Å². The monoisotopic (exact) mass is 185 g/mol. The van der Waals surface area contributed by atoms with Gasteiger partial charge in [0.25, 0.3) is 0 Å². The quantitative estimate of drug-likeness (QED) is 0.514. The van der Waals surface area contributed by atoms with Crippen molar-refractivity contribution in [2.75, 3.05) is 6.61 Å². The van der Waals surface area contributed by atoms with E-state index in [0.717, 1.165) is 6.42 Å². The van der Waals surface area contributed by atoms with Gasteiger partial charge in [-0.15, -0.1) is 0 Å². The number of hydrogen-bond acceptors (Lipinski definition) is 1. The van der Waals surface area contributed by atoms with Crippen LogP contribution in [-0.2, 0) is 0 Å². The number of aliphatic hydroxyl groups is 1. The van der Waals surface area contributed by atoms with E-state index in [2.05, 4.69) is 13.3 Å². The molecule has 1 radical (unpaired) electrons. The van der Waals surface area contributed by atoms with Crippen LogP contribution >= 0.6 is 0 Å². The number of unbranched alkanes of at least 4 members (excludes halogenated alkanes) is 9. The average Bonchev–Trinajstić information content (AvgIpc) is 2.16. The van der Waals surface area contributed by atoms with E-state index in [0.29, 0.717) is 6.61 Å². The van der Waals surface area contributed by atoms with Gasteiger partial charge in [0.05, 0.1) is 0 Å². The lowest BCUT2D eigenvalue weighted by atomic mass is 10.1. The fourth-order valence-electron chi connectivity index (χ4n) is 1.49. The molecule has 0 saturated carbocycles. The summed E-state index contributed by atoms with van der Waals surface area (Å²) in [5, 5.41) is 8.56. The molecule has 0 unspecified atom stereocenters. The van der Waals surface area contributed by atoms with Gasteiger partial charge in [0.15, 0.2) is 0 Å². The standard InChI is InChI=1S/C12H25O/c1-2-3-4-5-6-7-8-9-10-11-12-13/h3,13H,2,4-12H2,1H3. The van der Waals surface area contributed by atoms with E-state index in [1.54, 1.807) is 0 Å². The van der Waals surface area contributed by atoms with Crippen molar-refractivity contribution in [2.24, 2.45) is 0 Å². The molecule has 0 heterocycles. The zero-order valence-electron chi connectivity index (χ0n) is 9.10. The molecule has 79 valence electrons. The maximum absolute atomic E-state index is 8.56. The zero-order valence-corrected chi connectivity index (χ0v) is 9.10. The summed E-state index contributed by atoms with van der Waals surface area (Å²) in [4.78, 5) is 0. The van der Waals surface area contributed by atoms with Crippen molar-refractivity contribution < 1.29 is 5.11 Å². The third kappa shape index (κ3) is 12.0. The average molecular weight is 185 g/mol. The second-order valence-corrected chi connectivity index (χ2v) is 3.68. The maximum Gasteiger partial charge on any atom is 0.0431 e. The van der Waals surface area contributed by atoms with Crippen LogP contribution in [0.25, 0.3) is 0 Å². The van der Waals surface area contributed by atoms with E-state index in [-0.39, 0.29) is 0 Å². The lowest BCUT2D eigenvalue weighted by Crippen LogP contribution is -1.84. The third-order valence-corrected chi connectivity index (χ3v) is 2.36. The Labute approximate surface area is 83.5 Å². The van der Waals surface area contributed by atoms with Gasteiger partial charge in [-0.05, 0) is 12.8 Å². The van der Waals surface area contributed by atoms with Crippen LogP contribution in [-0.4, -0.2) is 11.7 Å². The lowest BCUT2D eigenvalue weighted by molar-refractivity contribution is 0.282. The first-order valence-corrected chi connectivity index (χ1v) is 5.84. The molecule has 13 heavy (non-hydrogen) atoms. The van der Waals surface area contributed by atoms with Crippen molar-refractivity contribution in [3.8, 4) is 0 Å². The van der Waals surface area contributed by atoms with Gasteiger partial charge in [0.2, 0.25) is 0 Å². The first-order chi connectivity index (χ1) is 6.41. The molecule has 0 aliphatic heterocycles. The van der Waals surface area contributed by atoms with Crippen LogP contribution in [0.3, 0.4) is 0 Å².